The lowest BCUT2D eigenvalue weighted by atomic mass is 9.91. The van der Waals surface area contributed by atoms with Gasteiger partial charge in [-0.05, 0) is 19.3 Å². The fourth-order valence-electron chi connectivity index (χ4n) is 1.47. The molecule has 1 aliphatic heterocycles. The first-order chi connectivity index (χ1) is 5.49. The summed E-state index contributed by atoms with van der Waals surface area (Å²) in [5.41, 5.74) is 0. The highest BCUT2D eigenvalue weighted by Crippen LogP contribution is 2.28. The molecule has 0 spiro atoms. The van der Waals surface area contributed by atoms with Gasteiger partial charge in [-0.3, -0.25) is 0 Å². The highest BCUT2D eigenvalue weighted by atomic mass is 19.3. The van der Waals surface area contributed by atoms with Crippen LogP contribution >= 0.6 is 0 Å². The second kappa shape index (κ2) is 3.66. The van der Waals surface area contributed by atoms with Crippen molar-refractivity contribution < 1.29 is 18.6 Å². The van der Waals surface area contributed by atoms with Gasteiger partial charge in [-0.15, -0.1) is 0 Å². The molecule has 0 saturated carbocycles. The molecule has 2 nitrogen and oxygen atoms in total. The summed E-state index contributed by atoms with van der Waals surface area (Å²) < 4.78 is 30.0. The molecule has 1 saturated heterocycles. The third-order valence-corrected chi connectivity index (χ3v) is 2.09. The standard InChI is InChI=1S/C8H14F2O2/c1-8(9,10)4-6-2-3-12-5-7(6)11/h6-7,11H,2-5H2,1H3. The number of aliphatic hydroxyl groups is 1. The van der Waals surface area contributed by atoms with Crippen molar-refractivity contribution in [3.8, 4) is 0 Å². The van der Waals surface area contributed by atoms with E-state index in [1.807, 2.05) is 0 Å². The maximum absolute atomic E-state index is 12.5. The lowest BCUT2D eigenvalue weighted by molar-refractivity contribution is -0.0838. The van der Waals surface area contributed by atoms with Gasteiger partial charge in [0.2, 0.25) is 5.92 Å². The number of alkyl halides is 2. The molecular weight excluding hydrogens is 166 g/mol. The van der Waals surface area contributed by atoms with Crippen LogP contribution in [0.3, 0.4) is 0 Å². The van der Waals surface area contributed by atoms with Crippen LogP contribution in [0.25, 0.3) is 0 Å². The quantitative estimate of drug-likeness (QED) is 0.696. The maximum Gasteiger partial charge on any atom is 0.245 e. The molecule has 2 atom stereocenters. The van der Waals surface area contributed by atoms with Crippen molar-refractivity contribution in [2.45, 2.75) is 31.8 Å². The van der Waals surface area contributed by atoms with Crippen LogP contribution in [0.2, 0.25) is 0 Å². The zero-order valence-corrected chi connectivity index (χ0v) is 7.09. The van der Waals surface area contributed by atoms with E-state index in [2.05, 4.69) is 0 Å². The first kappa shape index (κ1) is 9.86. The molecule has 0 radical (unpaired) electrons. The number of hydrogen-bond donors (Lipinski definition) is 1. The minimum Gasteiger partial charge on any atom is -0.390 e. The first-order valence-electron chi connectivity index (χ1n) is 4.13. The van der Waals surface area contributed by atoms with Gasteiger partial charge in [0.05, 0.1) is 12.7 Å². The van der Waals surface area contributed by atoms with Gasteiger partial charge in [0, 0.05) is 13.0 Å². The van der Waals surface area contributed by atoms with E-state index < -0.39 is 12.0 Å². The molecule has 1 rings (SSSR count). The summed E-state index contributed by atoms with van der Waals surface area (Å²) >= 11 is 0. The van der Waals surface area contributed by atoms with Crippen molar-refractivity contribution in [3.05, 3.63) is 0 Å². The number of halogens is 2. The Balaban J connectivity index is 2.39. The highest BCUT2D eigenvalue weighted by molar-refractivity contribution is 4.76. The second-order valence-corrected chi connectivity index (χ2v) is 3.47. The Labute approximate surface area is 70.5 Å². The monoisotopic (exact) mass is 180 g/mol. The summed E-state index contributed by atoms with van der Waals surface area (Å²) in [5, 5.41) is 9.27. The van der Waals surface area contributed by atoms with Crippen LogP contribution in [0.1, 0.15) is 19.8 Å². The number of aliphatic hydroxyl groups excluding tert-OH is 1. The fraction of sp³-hybridized carbons (Fsp3) is 1.00. The van der Waals surface area contributed by atoms with E-state index in [-0.39, 0.29) is 18.9 Å². The van der Waals surface area contributed by atoms with Crippen molar-refractivity contribution in [1.82, 2.24) is 0 Å². The number of hydrogen-bond acceptors (Lipinski definition) is 2. The zero-order valence-electron chi connectivity index (χ0n) is 7.09. The third-order valence-electron chi connectivity index (χ3n) is 2.09. The van der Waals surface area contributed by atoms with Gasteiger partial charge in [-0.2, -0.15) is 0 Å². The molecule has 0 bridgehead atoms. The molecule has 0 aromatic heterocycles. The van der Waals surface area contributed by atoms with Gasteiger partial charge in [-0.1, -0.05) is 0 Å². The highest BCUT2D eigenvalue weighted by Gasteiger charge is 2.32. The van der Waals surface area contributed by atoms with Crippen LogP contribution < -0.4 is 0 Å². The maximum atomic E-state index is 12.5. The van der Waals surface area contributed by atoms with E-state index in [9.17, 15) is 13.9 Å². The van der Waals surface area contributed by atoms with Crippen molar-refractivity contribution >= 4 is 0 Å². The summed E-state index contributed by atoms with van der Waals surface area (Å²) in [6.07, 6.45) is -0.424. The smallest absolute Gasteiger partial charge is 0.245 e. The summed E-state index contributed by atoms with van der Waals surface area (Å²) in [5.74, 6) is -2.98. The van der Waals surface area contributed by atoms with Gasteiger partial charge in [-0.25, -0.2) is 8.78 Å². The van der Waals surface area contributed by atoms with Gasteiger partial charge in [0.15, 0.2) is 0 Å². The summed E-state index contributed by atoms with van der Waals surface area (Å²) in [4.78, 5) is 0. The molecule has 1 heterocycles. The normalized spacial score (nSPS) is 32.0. The minimum absolute atomic E-state index is 0.195. The van der Waals surface area contributed by atoms with Crippen molar-refractivity contribution in [3.63, 3.8) is 0 Å². The molecule has 1 fully saturated rings. The molecule has 0 aromatic rings. The fourth-order valence-corrected chi connectivity index (χ4v) is 1.47. The number of ether oxygens (including phenoxy) is 1. The molecular formula is C8H14F2O2. The largest absolute Gasteiger partial charge is 0.390 e. The van der Waals surface area contributed by atoms with Gasteiger partial charge in [0.1, 0.15) is 0 Å². The lowest BCUT2D eigenvalue weighted by Crippen LogP contribution is -2.35. The van der Waals surface area contributed by atoms with E-state index in [4.69, 9.17) is 4.74 Å². The predicted octanol–water partition coefficient (Wildman–Crippen LogP) is 1.43. The molecule has 2 unspecified atom stereocenters. The summed E-state index contributed by atoms with van der Waals surface area (Å²) in [7, 11) is 0. The molecule has 12 heavy (non-hydrogen) atoms. The van der Waals surface area contributed by atoms with Crippen LogP contribution in [-0.4, -0.2) is 30.3 Å². The Hall–Kier alpha value is -0.220. The molecule has 1 aliphatic rings. The van der Waals surface area contributed by atoms with E-state index in [1.54, 1.807) is 0 Å². The molecule has 1 N–H and O–H groups in total. The average molecular weight is 180 g/mol. The van der Waals surface area contributed by atoms with Crippen molar-refractivity contribution in [2.24, 2.45) is 5.92 Å². The molecule has 0 aromatic carbocycles. The molecule has 72 valence electrons. The van der Waals surface area contributed by atoms with Crippen LogP contribution in [0.15, 0.2) is 0 Å². The summed E-state index contributed by atoms with van der Waals surface area (Å²) in [6, 6.07) is 0. The van der Waals surface area contributed by atoms with Gasteiger partial charge < -0.3 is 9.84 Å². The molecule has 0 amide bonds. The molecule has 0 aliphatic carbocycles. The van der Waals surface area contributed by atoms with Crippen LogP contribution in [0.4, 0.5) is 8.78 Å². The van der Waals surface area contributed by atoms with Gasteiger partial charge >= 0.3 is 0 Å². The van der Waals surface area contributed by atoms with E-state index in [1.165, 1.54) is 0 Å². The average Bonchev–Trinajstić information content (AvgIpc) is 1.91. The van der Waals surface area contributed by atoms with E-state index >= 15 is 0 Å². The third kappa shape index (κ3) is 3.03. The predicted molar refractivity (Wildman–Crippen MR) is 40.2 cm³/mol. The Bertz CT molecular complexity index is 144. The van der Waals surface area contributed by atoms with E-state index in [0.29, 0.717) is 13.0 Å². The minimum atomic E-state index is -2.68. The molecule has 4 heteroatoms. The van der Waals surface area contributed by atoms with Crippen LogP contribution in [-0.2, 0) is 4.74 Å². The topological polar surface area (TPSA) is 29.5 Å². The zero-order chi connectivity index (χ0) is 9.19. The van der Waals surface area contributed by atoms with Crippen molar-refractivity contribution in [1.29, 1.82) is 0 Å². The van der Waals surface area contributed by atoms with Crippen LogP contribution in [0, 0.1) is 5.92 Å². The summed E-state index contributed by atoms with van der Waals surface area (Å²) in [6.45, 7) is 1.56. The Morgan fingerprint density at radius 1 is 1.58 bits per heavy atom. The first-order valence-corrected chi connectivity index (χ1v) is 4.13. The SMILES string of the molecule is CC(F)(F)CC1CCOCC1O. The number of rotatable bonds is 2. The van der Waals surface area contributed by atoms with Crippen LogP contribution in [0.5, 0.6) is 0 Å². The van der Waals surface area contributed by atoms with Crippen molar-refractivity contribution in [2.75, 3.05) is 13.2 Å². The lowest BCUT2D eigenvalue weighted by Gasteiger charge is -2.29. The Morgan fingerprint density at radius 2 is 2.25 bits per heavy atom. The Kier molecular flexibility index (Phi) is 3.01. The Morgan fingerprint density at radius 3 is 2.75 bits per heavy atom. The van der Waals surface area contributed by atoms with E-state index in [0.717, 1.165) is 6.92 Å². The van der Waals surface area contributed by atoms with Gasteiger partial charge in [0.25, 0.3) is 0 Å². The second-order valence-electron chi connectivity index (χ2n) is 3.47.